The van der Waals surface area contributed by atoms with Gasteiger partial charge in [-0.2, -0.15) is 0 Å². The van der Waals surface area contributed by atoms with Crippen LogP contribution in [0.25, 0.3) is 0 Å². The summed E-state index contributed by atoms with van der Waals surface area (Å²) in [7, 11) is 0. The molecule has 0 aromatic carbocycles. The second-order valence-electron chi connectivity index (χ2n) is 3.49. The first-order valence-corrected chi connectivity index (χ1v) is 4.85. The van der Waals surface area contributed by atoms with Gasteiger partial charge in [-0.3, -0.25) is 9.59 Å². The van der Waals surface area contributed by atoms with Crippen LogP contribution < -0.4 is 5.32 Å². The van der Waals surface area contributed by atoms with E-state index >= 15 is 0 Å². The van der Waals surface area contributed by atoms with Crippen molar-refractivity contribution in [2.24, 2.45) is 0 Å². The maximum Gasteiger partial charge on any atom is 0.227 e. The number of carbonyl (C=O) groups is 2. The quantitative estimate of drug-likeness (QED) is 0.640. The summed E-state index contributed by atoms with van der Waals surface area (Å²) in [4.78, 5) is 21.7. The number of nitrogens with one attached hydrogen (secondary N) is 1. The van der Waals surface area contributed by atoms with E-state index in [0.717, 1.165) is 19.3 Å². The van der Waals surface area contributed by atoms with E-state index in [1.165, 1.54) is 6.92 Å². The van der Waals surface area contributed by atoms with Crippen molar-refractivity contribution < 1.29 is 9.59 Å². The monoisotopic (exact) mass is 185 g/mol. The highest BCUT2D eigenvalue weighted by atomic mass is 16.2. The van der Waals surface area contributed by atoms with E-state index in [9.17, 15) is 9.59 Å². The van der Waals surface area contributed by atoms with Gasteiger partial charge in [0.2, 0.25) is 5.91 Å². The Hall–Kier alpha value is -0.860. The molecule has 3 heteroatoms. The maximum atomic E-state index is 11.1. The molecule has 0 saturated heterocycles. The summed E-state index contributed by atoms with van der Waals surface area (Å²) >= 11 is 0. The van der Waals surface area contributed by atoms with Crippen LogP contribution in [-0.2, 0) is 9.59 Å². The second kappa shape index (κ2) is 6.63. The summed E-state index contributed by atoms with van der Waals surface area (Å²) in [5, 5.41) is 2.79. The standard InChI is InChI=1S/C10H19NO2/c1-4-5-6-8(2)11-10(13)7-9(3)12/h8H,4-7H2,1-3H3,(H,11,13). The van der Waals surface area contributed by atoms with Crippen LogP contribution >= 0.6 is 0 Å². The van der Waals surface area contributed by atoms with E-state index in [4.69, 9.17) is 0 Å². The van der Waals surface area contributed by atoms with Gasteiger partial charge in [0, 0.05) is 6.04 Å². The Bertz CT molecular complexity index is 178. The largest absolute Gasteiger partial charge is 0.353 e. The number of carbonyl (C=O) groups excluding carboxylic acids is 2. The van der Waals surface area contributed by atoms with Crippen molar-refractivity contribution in [2.45, 2.75) is 52.5 Å². The van der Waals surface area contributed by atoms with Crippen molar-refractivity contribution in [1.82, 2.24) is 5.32 Å². The number of rotatable bonds is 6. The highest BCUT2D eigenvalue weighted by Crippen LogP contribution is 1.99. The zero-order chi connectivity index (χ0) is 10.3. The van der Waals surface area contributed by atoms with Crippen LogP contribution in [0.2, 0.25) is 0 Å². The van der Waals surface area contributed by atoms with Crippen molar-refractivity contribution in [3.8, 4) is 0 Å². The number of amides is 1. The summed E-state index contributed by atoms with van der Waals surface area (Å²) in [6.45, 7) is 5.51. The summed E-state index contributed by atoms with van der Waals surface area (Å²) in [5.74, 6) is -0.240. The van der Waals surface area contributed by atoms with Crippen LogP contribution in [0.5, 0.6) is 0 Å². The van der Waals surface area contributed by atoms with Crippen LogP contribution in [0.3, 0.4) is 0 Å². The van der Waals surface area contributed by atoms with Crippen molar-refractivity contribution >= 4 is 11.7 Å². The Morgan fingerprint density at radius 2 is 2.00 bits per heavy atom. The highest BCUT2D eigenvalue weighted by molar-refractivity contribution is 5.96. The van der Waals surface area contributed by atoms with Crippen molar-refractivity contribution in [1.29, 1.82) is 0 Å². The Morgan fingerprint density at radius 1 is 1.38 bits per heavy atom. The Labute approximate surface area is 79.9 Å². The molecule has 0 saturated carbocycles. The topological polar surface area (TPSA) is 46.2 Å². The third-order valence-corrected chi connectivity index (χ3v) is 1.81. The molecular formula is C10H19NO2. The van der Waals surface area contributed by atoms with E-state index in [1.807, 2.05) is 6.92 Å². The SMILES string of the molecule is CCCCC(C)NC(=O)CC(C)=O. The molecule has 0 heterocycles. The molecule has 1 unspecified atom stereocenters. The summed E-state index contributed by atoms with van der Waals surface area (Å²) < 4.78 is 0. The molecule has 0 radical (unpaired) electrons. The molecular weight excluding hydrogens is 166 g/mol. The van der Waals surface area contributed by atoms with Gasteiger partial charge in [-0.15, -0.1) is 0 Å². The van der Waals surface area contributed by atoms with Gasteiger partial charge in [-0.1, -0.05) is 19.8 Å². The van der Waals surface area contributed by atoms with Gasteiger partial charge < -0.3 is 5.32 Å². The normalized spacial score (nSPS) is 12.2. The van der Waals surface area contributed by atoms with Crippen LogP contribution in [0, 0.1) is 0 Å². The van der Waals surface area contributed by atoms with Crippen LogP contribution in [0.15, 0.2) is 0 Å². The van der Waals surface area contributed by atoms with Gasteiger partial charge >= 0.3 is 0 Å². The van der Waals surface area contributed by atoms with E-state index in [1.54, 1.807) is 0 Å². The second-order valence-corrected chi connectivity index (χ2v) is 3.49. The smallest absolute Gasteiger partial charge is 0.227 e. The molecule has 3 nitrogen and oxygen atoms in total. The van der Waals surface area contributed by atoms with Crippen molar-refractivity contribution in [2.75, 3.05) is 0 Å². The van der Waals surface area contributed by atoms with Crippen molar-refractivity contribution in [3.63, 3.8) is 0 Å². The zero-order valence-electron chi connectivity index (χ0n) is 8.72. The number of unbranched alkanes of at least 4 members (excludes halogenated alkanes) is 1. The third-order valence-electron chi connectivity index (χ3n) is 1.81. The molecule has 0 aromatic rings. The average Bonchev–Trinajstić information content (AvgIpc) is 1.98. The third kappa shape index (κ3) is 7.50. The lowest BCUT2D eigenvalue weighted by atomic mass is 10.1. The molecule has 1 atom stereocenters. The first kappa shape index (κ1) is 12.1. The van der Waals surface area contributed by atoms with Gasteiger partial charge in [0.1, 0.15) is 5.78 Å². The minimum absolute atomic E-state index is 0.0104. The number of hydrogen-bond donors (Lipinski definition) is 1. The van der Waals surface area contributed by atoms with Crippen LogP contribution in [0.4, 0.5) is 0 Å². The maximum absolute atomic E-state index is 11.1. The average molecular weight is 185 g/mol. The molecule has 0 spiro atoms. The lowest BCUT2D eigenvalue weighted by molar-refractivity contribution is -0.127. The van der Waals surface area contributed by atoms with Crippen LogP contribution in [-0.4, -0.2) is 17.7 Å². The number of hydrogen-bond acceptors (Lipinski definition) is 2. The first-order valence-electron chi connectivity index (χ1n) is 4.85. The fourth-order valence-electron chi connectivity index (χ4n) is 1.13. The molecule has 0 aromatic heterocycles. The summed E-state index contributed by atoms with van der Waals surface area (Å²) in [5.41, 5.74) is 0. The lowest BCUT2D eigenvalue weighted by Crippen LogP contribution is -2.33. The van der Waals surface area contributed by atoms with Gasteiger partial charge in [-0.25, -0.2) is 0 Å². The number of ketones is 1. The molecule has 76 valence electrons. The van der Waals surface area contributed by atoms with Gasteiger partial charge in [0.25, 0.3) is 0 Å². The van der Waals surface area contributed by atoms with Gasteiger partial charge in [0.15, 0.2) is 0 Å². The predicted molar refractivity (Wildman–Crippen MR) is 52.4 cm³/mol. The van der Waals surface area contributed by atoms with Crippen molar-refractivity contribution in [3.05, 3.63) is 0 Å². The molecule has 0 bridgehead atoms. The molecule has 0 aliphatic carbocycles. The molecule has 0 aliphatic rings. The van der Waals surface area contributed by atoms with E-state index in [-0.39, 0.29) is 24.2 Å². The van der Waals surface area contributed by atoms with Gasteiger partial charge in [-0.05, 0) is 20.3 Å². The van der Waals surface area contributed by atoms with Crippen LogP contribution in [0.1, 0.15) is 46.5 Å². The molecule has 13 heavy (non-hydrogen) atoms. The molecule has 0 rings (SSSR count). The zero-order valence-corrected chi connectivity index (χ0v) is 8.72. The lowest BCUT2D eigenvalue weighted by Gasteiger charge is -2.12. The molecule has 0 aliphatic heterocycles. The molecule has 1 amide bonds. The Morgan fingerprint density at radius 3 is 2.46 bits per heavy atom. The Kier molecular flexibility index (Phi) is 6.20. The first-order chi connectivity index (χ1) is 6.06. The fraction of sp³-hybridized carbons (Fsp3) is 0.800. The Balaban J connectivity index is 3.59. The summed E-state index contributed by atoms with van der Waals surface area (Å²) in [6.07, 6.45) is 3.24. The molecule has 0 fully saturated rings. The highest BCUT2D eigenvalue weighted by Gasteiger charge is 2.08. The fourth-order valence-corrected chi connectivity index (χ4v) is 1.13. The molecule has 1 N–H and O–H groups in total. The predicted octanol–water partition coefficient (Wildman–Crippen LogP) is 1.66. The minimum Gasteiger partial charge on any atom is -0.353 e. The summed E-state index contributed by atoms with van der Waals surface area (Å²) in [6, 6.07) is 0.187. The van der Waals surface area contributed by atoms with E-state index < -0.39 is 0 Å². The van der Waals surface area contributed by atoms with E-state index in [0.29, 0.717) is 0 Å². The number of Topliss-reactive ketones (excluding diaryl/α,β-unsaturated/α-hetero) is 1. The van der Waals surface area contributed by atoms with Gasteiger partial charge in [0.05, 0.1) is 6.42 Å². The van der Waals surface area contributed by atoms with E-state index in [2.05, 4.69) is 12.2 Å². The minimum atomic E-state index is -0.156.